The zero-order valence-corrected chi connectivity index (χ0v) is 10.7. The molecule has 0 spiro atoms. The van der Waals surface area contributed by atoms with E-state index in [1.54, 1.807) is 12.1 Å². The number of nitrogens with one attached hydrogen (secondary N) is 1. The first kappa shape index (κ1) is 12.2. The van der Waals surface area contributed by atoms with E-state index in [2.05, 4.69) is 5.32 Å². The number of nitrogens with zero attached hydrogens (tertiary/aromatic N) is 1. The lowest BCUT2D eigenvalue weighted by Crippen LogP contribution is -2.37. The lowest BCUT2D eigenvalue weighted by atomic mass is 9.92. The Kier molecular flexibility index (Phi) is 3.25. The average molecular weight is 258 g/mol. The minimum Gasteiger partial charge on any atom is -0.365 e. The van der Waals surface area contributed by atoms with E-state index in [0.29, 0.717) is 11.4 Å². The third-order valence-corrected chi connectivity index (χ3v) is 3.95. The second kappa shape index (κ2) is 5.05. The van der Waals surface area contributed by atoms with Gasteiger partial charge in [-0.3, -0.25) is 10.0 Å². The molecule has 1 aliphatic heterocycles. The molecule has 1 aromatic rings. The molecule has 1 heterocycles. The summed E-state index contributed by atoms with van der Waals surface area (Å²) in [6.45, 7) is 0. The number of allylic oxidation sites excluding steroid dienone is 1. The van der Waals surface area contributed by atoms with Crippen molar-refractivity contribution >= 4 is 5.78 Å². The second-order valence-electron chi connectivity index (χ2n) is 5.21. The van der Waals surface area contributed by atoms with Crippen molar-refractivity contribution < 1.29 is 10.0 Å². The lowest BCUT2D eigenvalue weighted by molar-refractivity contribution is -0.0841. The molecular formula is C15H18N2O2. The predicted octanol–water partition coefficient (Wildman–Crippen LogP) is 2.32. The molecule has 2 N–H and O–H groups in total. The van der Waals surface area contributed by atoms with Crippen molar-refractivity contribution in [2.24, 2.45) is 0 Å². The first-order valence-corrected chi connectivity index (χ1v) is 6.81. The lowest BCUT2D eigenvalue weighted by Gasteiger charge is -2.26. The Morgan fingerprint density at radius 3 is 2.74 bits per heavy atom. The van der Waals surface area contributed by atoms with Crippen LogP contribution in [-0.2, 0) is 0 Å². The van der Waals surface area contributed by atoms with E-state index in [1.165, 1.54) is 17.6 Å². The van der Waals surface area contributed by atoms with Crippen LogP contribution in [0.1, 0.15) is 36.0 Å². The Morgan fingerprint density at radius 2 is 2.00 bits per heavy atom. The van der Waals surface area contributed by atoms with Crippen molar-refractivity contribution in [3.63, 3.8) is 0 Å². The van der Waals surface area contributed by atoms with Gasteiger partial charge in [0, 0.05) is 11.6 Å². The first-order valence-electron chi connectivity index (χ1n) is 6.81. The van der Waals surface area contributed by atoms with Crippen LogP contribution >= 0.6 is 0 Å². The van der Waals surface area contributed by atoms with Crippen LogP contribution in [0.4, 0.5) is 0 Å². The summed E-state index contributed by atoms with van der Waals surface area (Å²) in [5.41, 5.74) is 0.639. The molecule has 1 aromatic carbocycles. The zero-order chi connectivity index (χ0) is 13.2. The summed E-state index contributed by atoms with van der Waals surface area (Å²) in [5.74, 6) is 0.451. The molecule has 3 rings (SSSR count). The molecule has 0 aromatic heterocycles. The van der Waals surface area contributed by atoms with Crippen molar-refractivity contribution in [1.29, 1.82) is 0 Å². The van der Waals surface area contributed by atoms with E-state index >= 15 is 0 Å². The van der Waals surface area contributed by atoms with Crippen LogP contribution in [0.25, 0.3) is 0 Å². The van der Waals surface area contributed by atoms with Gasteiger partial charge in [-0.15, -0.1) is 0 Å². The molecule has 4 heteroatoms. The minimum atomic E-state index is -0.0826. The highest BCUT2D eigenvalue weighted by atomic mass is 16.5. The maximum atomic E-state index is 12.1. The fraction of sp³-hybridized carbons (Fsp3) is 0.400. The number of hydrogen-bond donors (Lipinski definition) is 2. The normalized spacial score (nSPS) is 28.1. The van der Waals surface area contributed by atoms with E-state index in [4.69, 9.17) is 0 Å². The largest absolute Gasteiger partial charge is 0.365 e. The van der Waals surface area contributed by atoms with Crippen molar-refractivity contribution in [2.75, 3.05) is 0 Å². The third kappa shape index (κ3) is 2.36. The molecule has 0 bridgehead atoms. The highest BCUT2D eigenvalue weighted by molar-refractivity contribution is 6.04. The summed E-state index contributed by atoms with van der Waals surface area (Å²) in [6, 6.07) is 9.50. The molecule has 0 radical (unpaired) electrons. The van der Waals surface area contributed by atoms with Gasteiger partial charge in [0.25, 0.3) is 0 Å². The van der Waals surface area contributed by atoms with Crippen LogP contribution in [0.3, 0.4) is 0 Å². The number of hydrogen-bond acceptors (Lipinski definition) is 4. The summed E-state index contributed by atoms with van der Waals surface area (Å²) >= 11 is 0. The third-order valence-electron chi connectivity index (χ3n) is 3.95. The van der Waals surface area contributed by atoms with E-state index < -0.39 is 0 Å². The zero-order valence-electron chi connectivity index (χ0n) is 10.7. The van der Waals surface area contributed by atoms with Crippen LogP contribution < -0.4 is 5.32 Å². The highest BCUT2D eigenvalue weighted by Gasteiger charge is 2.37. The van der Waals surface area contributed by atoms with Crippen LogP contribution in [0.5, 0.6) is 0 Å². The van der Waals surface area contributed by atoms with Crippen LogP contribution in [-0.4, -0.2) is 28.1 Å². The highest BCUT2D eigenvalue weighted by Crippen LogP contribution is 2.29. The quantitative estimate of drug-likeness (QED) is 0.631. The number of carbonyl (C=O) groups is 1. The molecule has 2 fully saturated rings. The van der Waals surface area contributed by atoms with E-state index in [0.717, 1.165) is 19.3 Å². The molecule has 4 nitrogen and oxygen atoms in total. The molecule has 19 heavy (non-hydrogen) atoms. The second-order valence-corrected chi connectivity index (χ2v) is 5.21. The van der Waals surface area contributed by atoms with Crippen molar-refractivity contribution in [3.8, 4) is 0 Å². The number of fused-ring (bicyclic) bond motifs is 1. The summed E-state index contributed by atoms with van der Waals surface area (Å²) in [4.78, 5) is 12.1. The van der Waals surface area contributed by atoms with Gasteiger partial charge < -0.3 is 5.32 Å². The molecule has 1 aliphatic carbocycles. The van der Waals surface area contributed by atoms with Gasteiger partial charge in [0.15, 0.2) is 5.78 Å². The number of hydroxylamine groups is 2. The molecule has 1 saturated carbocycles. The van der Waals surface area contributed by atoms with Gasteiger partial charge in [0.2, 0.25) is 0 Å². The van der Waals surface area contributed by atoms with Crippen LogP contribution in [0.15, 0.2) is 42.2 Å². The molecule has 1 saturated heterocycles. The Bertz CT molecular complexity index is 498. The summed E-state index contributed by atoms with van der Waals surface area (Å²) in [7, 11) is 0. The number of benzene rings is 1. The van der Waals surface area contributed by atoms with Crippen molar-refractivity contribution in [2.45, 2.75) is 37.8 Å². The SMILES string of the molecule is O=C(C=C1N[C@H]2CCCC[C@@H]2N1O)c1ccccc1. The summed E-state index contributed by atoms with van der Waals surface area (Å²) in [5, 5.41) is 14.6. The predicted molar refractivity (Wildman–Crippen MR) is 71.7 cm³/mol. The standard InChI is InChI=1S/C15H18N2O2/c18-14(11-6-2-1-3-7-11)10-15-16-12-8-4-5-9-13(12)17(15)19/h1-3,6-7,10,12-13,16,19H,4-5,8-9H2/t12-,13-/m0/s1. The monoisotopic (exact) mass is 258 g/mol. The van der Waals surface area contributed by atoms with Crippen molar-refractivity contribution in [3.05, 3.63) is 47.8 Å². The number of rotatable bonds is 2. The van der Waals surface area contributed by atoms with Gasteiger partial charge in [-0.2, -0.15) is 0 Å². The fourth-order valence-corrected chi connectivity index (χ4v) is 2.92. The maximum Gasteiger partial charge on any atom is 0.189 e. The maximum absolute atomic E-state index is 12.1. The van der Waals surface area contributed by atoms with Gasteiger partial charge >= 0.3 is 0 Å². The molecular weight excluding hydrogens is 240 g/mol. The van der Waals surface area contributed by atoms with Crippen LogP contribution in [0, 0.1) is 0 Å². The number of ketones is 1. The van der Waals surface area contributed by atoms with Gasteiger partial charge in [0.1, 0.15) is 5.82 Å². The Hall–Kier alpha value is -1.81. The minimum absolute atomic E-state index is 0.0826. The average Bonchev–Trinajstić information content (AvgIpc) is 2.77. The Morgan fingerprint density at radius 1 is 1.26 bits per heavy atom. The first-order chi connectivity index (χ1) is 9.25. The van der Waals surface area contributed by atoms with Crippen LogP contribution in [0.2, 0.25) is 0 Å². The Balaban J connectivity index is 1.79. The van der Waals surface area contributed by atoms with E-state index in [9.17, 15) is 10.0 Å². The topological polar surface area (TPSA) is 52.6 Å². The van der Waals surface area contributed by atoms with Gasteiger partial charge in [0.05, 0.1) is 12.1 Å². The molecule has 2 aliphatic rings. The van der Waals surface area contributed by atoms with Crippen molar-refractivity contribution in [1.82, 2.24) is 10.4 Å². The smallest absolute Gasteiger partial charge is 0.189 e. The molecule has 100 valence electrons. The van der Waals surface area contributed by atoms with E-state index in [-0.39, 0.29) is 17.9 Å². The summed E-state index contributed by atoms with van der Waals surface area (Å²) < 4.78 is 0. The molecule has 2 atom stereocenters. The number of carbonyl (C=O) groups excluding carboxylic acids is 1. The van der Waals surface area contributed by atoms with Gasteiger partial charge in [-0.05, 0) is 12.8 Å². The Labute approximate surface area is 112 Å². The fourth-order valence-electron chi connectivity index (χ4n) is 2.92. The molecule has 0 unspecified atom stereocenters. The van der Waals surface area contributed by atoms with Gasteiger partial charge in [-0.25, -0.2) is 5.06 Å². The molecule has 0 amide bonds. The van der Waals surface area contributed by atoms with Gasteiger partial charge in [-0.1, -0.05) is 43.2 Å². The summed E-state index contributed by atoms with van der Waals surface area (Å²) in [6.07, 6.45) is 5.85. The van der Waals surface area contributed by atoms with E-state index in [1.807, 2.05) is 18.2 Å².